The van der Waals surface area contributed by atoms with Crippen molar-refractivity contribution in [1.82, 2.24) is 4.31 Å². The average molecular weight is 485 g/mol. The highest BCUT2D eigenvalue weighted by atomic mass is 32.2. The monoisotopic (exact) mass is 484 g/mol. The predicted molar refractivity (Wildman–Crippen MR) is 127 cm³/mol. The molecule has 0 radical (unpaired) electrons. The summed E-state index contributed by atoms with van der Waals surface area (Å²) < 4.78 is 40.5. The average Bonchev–Trinajstić information content (AvgIpc) is 2.79. The van der Waals surface area contributed by atoms with Crippen LogP contribution in [0.25, 0.3) is 11.1 Å². The zero-order valence-corrected chi connectivity index (χ0v) is 19.7. The Morgan fingerprint density at radius 1 is 0.912 bits per heavy atom. The molecule has 0 saturated carbocycles. The number of aliphatic carboxylic acids is 1. The fourth-order valence-corrected chi connectivity index (χ4v) is 5.03. The molecule has 0 aromatic heterocycles. The molecule has 9 heteroatoms. The van der Waals surface area contributed by atoms with Crippen LogP contribution in [0.4, 0.5) is 10.1 Å². The minimum atomic E-state index is -4.00. The van der Waals surface area contributed by atoms with E-state index in [1.807, 2.05) is 0 Å². The van der Waals surface area contributed by atoms with Gasteiger partial charge in [0.25, 0.3) is 5.91 Å². The normalized spacial score (nSPS) is 12.5. The maximum atomic E-state index is 13.8. The van der Waals surface area contributed by atoms with Crippen LogP contribution in [0.3, 0.4) is 0 Å². The molecule has 0 aliphatic carbocycles. The SMILES string of the molecule is CC(C)[C@@H](C(=O)O)N(C)S(=O)(=O)c1ccc(-c2ccc(NC(=O)c3ccccc3F)cc2)cc1. The fraction of sp³-hybridized carbons (Fsp3) is 0.200. The molecule has 7 nitrogen and oxygen atoms in total. The van der Waals surface area contributed by atoms with E-state index in [-0.39, 0.29) is 10.5 Å². The number of hydrogen-bond donors (Lipinski definition) is 2. The highest BCUT2D eigenvalue weighted by molar-refractivity contribution is 7.89. The van der Waals surface area contributed by atoms with Crippen molar-refractivity contribution in [2.75, 3.05) is 12.4 Å². The number of carbonyl (C=O) groups excluding carboxylic acids is 1. The van der Waals surface area contributed by atoms with Crippen LogP contribution in [0.5, 0.6) is 0 Å². The second-order valence-corrected chi connectivity index (χ2v) is 10.1. The number of rotatable bonds is 8. The van der Waals surface area contributed by atoms with Crippen molar-refractivity contribution in [3.05, 3.63) is 84.2 Å². The van der Waals surface area contributed by atoms with Gasteiger partial charge in [0.2, 0.25) is 10.0 Å². The number of nitrogens with zero attached hydrogens (tertiary/aromatic N) is 1. The molecule has 1 atom stereocenters. The Hall–Kier alpha value is -3.56. The molecule has 0 bridgehead atoms. The highest BCUT2D eigenvalue weighted by Crippen LogP contribution is 2.26. The van der Waals surface area contributed by atoms with E-state index in [1.165, 1.54) is 37.4 Å². The van der Waals surface area contributed by atoms with Gasteiger partial charge in [0.05, 0.1) is 10.5 Å². The van der Waals surface area contributed by atoms with Crippen molar-refractivity contribution < 1.29 is 27.5 Å². The molecule has 34 heavy (non-hydrogen) atoms. The van der Waals surface area contributed by atoms with E-state index in [0.717, 1.165) is 15.4 Å². The summed E-state index contributed by atoms with van der Waals surface area (Å²) in [6.07, 6.45) is 0. The van der Waals surface area contributed by atoms with Gasteiger partial charge in [-0.25, -0.2) is 12.8 Å². The summed E-state index contributed by atoms with van der Waals surface area (Å²) >= 11 is 0. The maximum Gasteiger partial charge on any atom is 0.322 e. The van der Waals surface area contributed by atoms with E-state index in [9.17, 15) is 27.5 Å². The first-order chi connectivity index (χ1) is 16.0. The number of halogens is 1. The number of likely N-dealkylation sites (N-methyl/N-ethyl adjacent to an activating group) is 1. The van der Waals surface area contributed by atoms with Gasteiger partial charge in [0.1, 0.15) is 11.9 Å². The molecule has 3 aromatic carbocycles. The van der Waals surface area contributed by atoms with Crippen LogP contribution >= 0.6 is 0 Å². The Kier molecular flexibility index (Phi) is 7.48. The smallest absolute Gasteiger partial charge is 0.322 e. The Morgan fingerprint density at radius 2 is 1.44 bits per heavy atom. The third-order valence-electron chi connectivity index (χ3n) is 5.40. The van der Waals surface area contributed by atoms with Crippen molar-refractivity contribution in [2.24, 2.45) is 5.92 Å². The Bertz CT molecular complexity index is 1290. The summed E-state index contributed by atoms with van der Waals surface area (Å²) in [5.41, 5.74) is 1.92. The third-order valence-corrected chi connectivity index (χ3v) is 7.26. The van der Waals surface area contributed by atoms with Crippen molar-refractivity contribution in [3.8, 4) is 11.1 Å². The summed E-state index contributed by atoms with van der Waals surface area (Å²) in [4.78, 5) is 23.8. The number of amides is 1. The minimum Gasteiger partial charge on any atom is -0.480 e. The fourth-order valence-electron chi connectivity index (χ4n) is 3.59. The molecule has 0 aliphatic rings. The van der Waals surface area contributed by atoms with Crippen LogP contribution in [-0.2, 0) is 14.8 Å². The third kappa shape index (κ3) is 5.32. The summed E-state index contributed by atoms with van der Waals surface area (Å²) in [6.45, 7) is 3.30. The van der Waals surface area contributed by atoms with Crippen LogP contribution in [0.2, 0.25) is 0 Å². The Labute approximate surface area is 197 Å². The summed E-state index contributed by atoms with van der Waals surface area (Å²) in [7, 11) is -2.74. The minimum absolute atomic E-state index is 0.0144. The van der Waals surface area contributed by atoms with Crippen molar-refractivity contribution >= 4 is 27.6 Å². The van der Waals surface area contributed by atoms with E-state index >= 15 is 0 Å². The first-order valence-corrected chi connectivity index (χ1v) is 11.9. The van der Waals surface area contributed by atoms with Gasteiger partial charge in [-0.1, -0.05) is 50.2 Å². The molecule has 0 spiro atoms. The molecular formula is C25H25FN2O5S. The molecule has 2 N–H and O–H groups in total. The van der Waals surface area contributed by atoms with E-state index in [2.05, 4.69) is 5.32 Å². The topological polar surface area (TPSA) is 104 Å². The van der Waals surface area contributed by atoms with E-state index in [1.54, 1.807) is 56.3 Å². The lowest BCUT2D eigenvalue weighted by Gasteiger charge is -2.27. The number of benzene rings is 3. The van der Waals surface area contributed by atoms with Crippen molar-refractivity contribution in [2.45, 2.75) is 24.8 Å². The molecule has 0 saturated heterocycles. The zero-order valence-electron chi connectivity index (χ0n) is 18.9. The van der Waals surface area contributed by atoms with E-state index in [0.29, 0.717) is 5.69 Å². The van der Waals surface area contributed by atoms with Gasteiger partial charge >= 0.3 is 5.97 Å². The second-order valence-electron chi connectivity index (χ2n) is 8.08. The Balaban J connectivity index is 1.76. The van der Waals surface area contributed by atoms with Gasteiger partial charge in [0.15, 0.2) is 0 Å². The zero-order chi connectivity index (χ0) is 25.0. The lowest BCUT2D eigenvalue weighted by molar-refractivity contribution is -0.142. The quantitative estimate of drug-likeness (QED) is 0.491. The molecular weight excluding hydrogens is 459 g/mol. The van der Waals surface area contributed by atoms with Crippen molar-refractivity contribution in [1.29, 1.82) is 0 Å². The van der Waals surface area contributed by atoms with Gasteiger partial charge in [-0.15, -0.1) is 0 Å². The standard InChI is InChI=1S/C25H25FN2O5S/c1-16(2)23(25(30)31)28(3)34(32,33)20-14-10-18(11-15-20)17-8-12-19(13-9-17)27-24(29)21-6-4-5-7-22(21)26/h4-16,23H,1-3H3,(H,27,29)(H,30,31)/t23-/m0/s1. The first-order valence-electron chi connectivity index (χ1n) is 10.5. The molecule has 3 rings (SSSR count). The largest absolute Gasteiger partial charge is 0.480 e. The second kappa shape index (κ2) is 10.1. The van der Waals surface area contributed by atoms with Crippen LogP contribution < -0.4 is 5.32 Å². The number of hydrogen-bond acceptors (Lipinski definition) is 4. The molecule has 0 unspecified atom stereocenters. The lowest BCUT2D eigenvalue weighted by atomic mass is 10.1. The number of nitrogens with one attached hydrogen (secondary N) is 1. The molecule has 0 heterocycles. The van der Waals surface area contributed by atoms with Crippen molar-refractivity contribution in [3.63, 3.8) is 0 Å². The van der Waals surface area contributed by atoms with Gasteiger partial charge in [-0.05, 0) is 53.4 Å². The summed E-state index contributed by atoms with van der Waals surface area (Å²) in [6, 6.07) is 17.4. The van der Waals surface area contributed by atoms with Gasteiger partial charge in [-0.3, -0.25) is 9.59 Å². The number of sulfonamides is 1. The molecule has 3 aromatic rings. The number of carboxylic acid groups (broad SMARTS) is 1. The molecule has 178 valence electrons. The van der Waals surface area contributed by atoms with Crippen LogP contribution in [0.1, 0.15) is 24.2 Å². The maximum absolute atomic E-state index is 13.8. The van der Waals surface area contributed by atoms with Gasteiger partial charge in [-0.2, -0.15) is 4.31 Å². The van der Waals surface area contributed by atoms with E-state index < -0.39 is 39.7 Å². The summed E-state index contributed by atoms with van der Waals surface area (Å²) in [5, 5.41) is 12.1. The van der Waals surface area contributed by atoms with Crippen LogP contribution in [0, 0.1) is 11.7 Å². The number of anilines is 1. The molecule has 0 fully saturated rings. The highest BCUT2D eigenvalue weighted by Gasteiger charge is 2.34. The summed E-state index contributed by atoms with van der Waals surface area (Å²) in [5.74, 6) is -2.79. The lowest BCUT2D eigenvalue weighted by Crippen LogP contribution is -2.45. The molecule has 1 amide bonds. The first kappa shape index (κ1) is 25.1. The van der Waals surface area contributed by atoms with Crippen LogP contribution in [-0.4, -0.2) is 42.8 Å². The van der Waals surface area contributed by atoms with Gasteiger partial charge < -0.3 is 10.4 Å². The molecule has 0 aliphatic heterocycles. The van der Waals surface area contributed by atoms with E-state index in [4.69, 9.17) is 0 Å². The van der Waals surface area contributed by atoms with Crippen LogP contribution in [0.15, 0.2) is 77.7 Å². The Morgan fingerprint density at radius 3 is 1.94 bits per heavy atom. The number of carbonyl (C=O) groups is 2. The predicted octanol–water partition coefficient (Wildman–Crippen LogP) is 4.47. The van der Waals surface area contributed by atoms with Gasteiger partial charge in [0, 0.05) is 12.7 Å². The number of carboxylic acids is 1.